The van der Waals surface area contributed by atoms with E-state index in [1.807, 2.05) is 36.1 Å². The number of anilines is 2. The molecule has 8 aromatic rings. The molecular weight excluding hydrogens is 1060 g/mol. The topological polar surface area (TPSA) is 312 Å². The molecule has 7 heterocycles. The second-order valence-corrected chi connectivity index (χ2v) is 22.2. The smallest absolute Gasteiger partial charge is 0.335 e. The SMILES string of the molecule is CCCCn1c(=O)c(C2=NS(=O)(=O)c3ccccc3N2)c(O)c2ccccc21.C[C@@]1(O)[C@H](O)[C@@H](CO)O[C@H]1n1cnc2c(N)ncnc21.O=C(O)c1ccc2c(C3CCCCC3)c(-c3ccccc3)n(CC(=O)N3CCOCC3)c2c1. The molecule has 22 nitrogen and oxygen atoms in total. The van der Waals surface area contributed by atoms with Crippen molar-refractivity contribution in [2.45, 2.75) is 107 Å². The Hall–Kier alpha value is -8.06. The van der Waals surface area contributed by atoms with Gasteiger partial charge in [0.2, 0.25) is 5.91 Å². The second-order valence-electron chi connectivity index (χ2n) is 20.6. The summed E-state index contributed by atoms with van der Waals surface area (Å²) < 4.78 is 45.0. The van der Waals surface area contributed by atoms with Crippen molar-refractivity contribution in [3.05, 3.63) is 137 Å². The van der Waals surface area contributed by atoms with Gasteiger partial charge in [-0.15, -0.1) is 4.40 Å². The van der Waals surface area contributed by atoms with Gasteiger partial charge in [0.15, 0.2) is 23.5 Å². The van der Waals surface area contributed by atoms with Gasteiger partial charge in [-0.05, 0) is 79.6 Å². The summed E-state index contributed by atoms with van der Waals surface area (Å²) in [6.07, 6.45) is 7.20. The van der Waals surface area contributed by atoms with E-state index in [2.05, 4.69) is 41.4 Å². The molecule has 2 saturated heterocycles. The molecule has 0 bridgehead atoms. The van der Waals surface area contributed by atoms with E-state index in [-0.39, 0.29) is 45.9 Å². The molecule has 1 aliphatic carbocycles. The number of hydrogen-bond acceptors (Lipinski definition) is 16. The molecule has 0 radical (unpaired) electrons. The Morgan fingerprint density at radius 2 is 1.60 bits per heavy atom. The van der Waals surface area contributed by atoms with Crippen LogP contribution in [0.15, 0.2) is 124 Å². The van der Waals surface area contributed by atoms with Crippen LogP contribution in [0.5, 0.6) is 5.75 Å². The number of para-hydroxylation sites is 2. The van der Waals surface area contributed by atoms with Crippen molar-refractivity contribution >= 4 is 72.2 Å². The van der Waals surface area contributed by atoms with Gasteiger partial charge < -0.3 is 60.1 Å². The predicted molar refractivity (Wildman–Crippen MR) is 303 cm³/mol. The predicted octanol–water partition coefficient (Wildman–Crippen LogP) is 6.39. The molecule has 4 aromatic carbocycles. The van der Waals surface area contributed by atoms with Crippen LogP contribution in [-0.4, -0.2) is 136 Å². The number of carboxylic acid groups (broad SMARTS) is 1. The quantitative estimate of drug-likeness (QED) is 0.0738. The average molecular weight is 1130 g/mol. The Morgan fingerprint density at radius 1 is 0.889 bits per heavy atom. The number of amidine groups is 1. The number of imidazole rings is 1. The number of aryl methyl sites for hydroxylation is 1. The number of nitrogens with zero attached hydrogens (tertiary/aromatic N) is 8. The summed E-state index contributed by atoms with van der Waals surface area (Å²) in [4.78, 5) is 52.2. The zero-order valence-electron chi connectivity index (χ0n) is 44.8. The summed E-state index contributed by atoms with van der Waals surface area (Å²) in [5.41, 5.74) is 9.63. The lowest BCUT2D eigenvalue weighted by molar-refractivity contribution is -0.135. The standard InChI is InChI=1S/C27H30N2O4.C20H19N3O4S.C11H15N5O4/c30-24(28-13-15-33-16-14-28)18-29-23-17-21(27(31)32)11-12-22(23)25(19-7-3-1-4-8-19)26(29)20-9-5-2-6-10-20;1-2-3-12-23-15-10-6-4-8-13(15)18(24)17(20(23)25)19-21-14-9-5-7-11-16(14)28(26,27)22-19;1-11(19)7(18)5(2-17)20-10(11)16-4-15-6-8(12)13-3-14-9(6)16/h2,5-6,9-12,17,19H,1,3-4,7-8,13-16,18H2,(H,31,32);4-11,24H,2-3,12H2,1H3,(H,21,22);3-5,7,10,17-19H,2H2,1H3,(H2,12,13,14)/t;;5-,7-,10-,11-/m..1/s1. The van der Waals surface area contributed by atoms with Crippen molar-refractivity contribution in [2.75, 3.05) is 44.0 Å². The number of unbranched alkanes of at least 4 members (excludes halogenated alkanes) is 1. The minimum absolute atomic E-state index is 0.0327. The first-order chi connectivity index (χ1) is 39.0. The number of ether oxygens (including phenoxy) is 2. The van der Waals surface area contributed by atoms with Crippen molar-refractivity contribution in [2.24, 2.45) is 4.40 Å². The molecule has 4 aliphatic rings. The van der Waals surface area contributed by atoms with Gasteiger partial charge >= 0.3 is 5.97 Å². The van der Waals surface area contributed by atoms with Gasteiger partial charge in [0.25, 0.3) is 15.6 Å². The summed E-state index contributed by atoms with van der Waals surface area (Å²) >= 11 is 0. The summed E-state index contributed by atoms with van der Waals surface area (Å²) in [6.45, 7) is 5.98. The van der Waals surface area contributed by atoms with E-state index in [1.54, 1.807) is 59.2 Å². The molecule has 3 aliphatic heterocycles. The van der Waals surface area contributed by atoms with Crippen molar-refractivity contribution in [3.8, 4) is 17.0 Å². The van der Waals surface area contributed by atoms with Gasteiger partial charge in [0.05, 0.1) is 54.1 Å². The van der Waals surface area contributed by atoms with Gasteiger partial charge in [-0.3, -0.25) is 14.2 Å². The summed E-state index contributed by atoms with van der Waals surface area (Å²) in [7, 11) is -3.99. The Balaban J connectivity index is 0.000000140. The molecule has 1 amide bonds. The molecule has 81 heavy (non-hydrogen) atoms. The highest BCUT2D eigenvalue weighted by Crippen LogP contribution is 2.45. The highest BCUT2D eigenvalue weighted by Gasteiger charge is 2.53. The summed E-state index contributed by atoms with van der Waals surface area (Å²) in [6, 6.07) is 28.9. The molecule has 0 unspecified atom stereocenters. The minimum atomic E-state index is -3.99. The molecule has 4 aromatic heterocycles. The van der Waals surface area contributed by atoms with Crippen molar-refractivity contribution < 1.29 is 53.0 Å². The maximum absolute atomic E-state index is 13.3. The number of aromatic hydroxyl groups is 1. The third-order valence-electron chi connectivity index (χ3n) is 15.4. The number of pyridine rings is 1. The zero-order valence-corrected chi connectivity index (χ0v) is 45.6. The van der Waals surface area contributed by atoms with Crippen LogP contribution >= 0.6 is 0 Å². The number of aromatic nitrogens is 6. The highest BCUT2D eigenvalue weighted by molar-refractivity contribution is 7.90. The lowest BCUT2D eigenvalue weighted by Gasteiger charge is -2.28. The number of nitrogens with one attached hydrogen (secondary N) is 1. The number of benzene rings is 4. The maximum atomic E-state index is 13.3. The van der Waals surface area contributed by atoms with Crippen LogP contribution in [-0.2, 0) is 37.4 Å². The molecule has 23 heteroatoms. The van der Waals surface area contributed by atoms with Crippen molar-refractivity contribution in [3.63, 3.8) is 0 Å². The van der Waals surface area contributed by atoms with E-state index in [1.165, 1.54) is 55.0 Å². The number of amides is 1. The van der Waals surface area contributed by atoms with Crippen LogP contribution in [0.4, 0.5) is 11.5 Å². The third kappa shape index (κ3) is 11.0. The number of rotatable bonds is 11. The Kier molecular flexibility index (Phi) is 16.4. The number of nitrogens with two attached hydrogens (primary N) is 1. The molecule has 12 rings (SSSR count). The van der Waals surface area contributed by atoms with Crippen molar-refractivity contribution in [1.82, 2.24) is 33.6 Å². The number of aliphatic hydroxyl groups is 3. The molecule has 1 saturated carbocycles. The molecule has 8 N–H and O–H groups in total. The Bertz CT molecular complexity index is 3850. The van der Waals surface area contributed by atoms with Crippen LogP contribution < -0.4 is 16.6 Å². The fourth-order valence-corrected chi connectivity index (χ4v) is 12.4. The lowest BCUT2D eigenvalue weighted by Crippen LogP contribution is -2.44. The fourth-order valence-electron chi connectivity index (χ4n) is 11.2. The number of nitrogen functional groups attached to an aromatic ring is 1. The number of carbonyl (C=O) groups is 2. The Morgan fingerprint density at radius 3 is 2.32 bits per heavy atom. The van der Waals surface area contributed by atoms with E-state index in [0.29, 0.717) is 66.5 Å². The van der Waals surface area contributed by atoms with Gasteiger partial charge in [0.1, 0.15) is 52.4 Å². The molecule has 3 fully saturated rings. The van der Waals surface area contributed by atoms with Crippen molar-refractivity contribution in [1.29, 1.82) is 0 Å². The third-order valence-corrected chi connectivity index (χ3v) is 16.7. The average Bonchev–Trinajstić information content (AvgIpc) is 3.91. The minimum Gasteiger partial charge on any atom is -0.506 e. The zero-order chi connectivity index (χ0) is 57.2. The Labute approximate surface area is 465 Å². The number of aliphatic hydroxyl groups excluding tert-OH is 2. The van der Waals surface area contributed by atoms with E-state index in [4.69, 9.17) is 15.2 Å². The first-order valence-corrected chi connectivity index (χ1v) is 28.4. The van der Waals surface area contributed by atoms with E-state index in [0.717, 1.165) is 47.8 Å². The number of sulfonamides is 1. The normalized spacial score (nSPS) is 20.6. The maximum Gasteiger partial charge on any atom is 0.335 e. The van der Waals surface area contributed by atoms with E-state index >= 15 is 0 Å². The van der Waals surface area contributed by atoms with Crippen LogP contribution in [0.1, 0.15) is 92.4 Å². The number of aromatic carboxylic acids is 1. The largest absolute Gasteiger partial charge is 0.506 e. The lowest BCUT2D eigenvalue weighted by atomic mass is 9.82. The number of morpholine rings is 1. The number of carbonyl (C=O) groups excluding carboxylic acids is 1. The number of hydrogen-bond donors (Lipinski definition) is 7. The number of fused-ring (bicyclic) bond motifs is 4. The van der Waals surface area contributed by atoms with Gasteiger partial charge in [-0.2, -0.15) is 8.42 Å². The monoisotopic (exact) mass is 1120 g/mol. The molecule has 0 spiro atoms. The first kappa shape index (κ1) is 56.2. The number of carboxylic acids is 1. The van der Waals surface area contributed by atoms with Gasteiger partial charge in [-0.25, -0.2) is 19.7 Å². The highest BCUT2D eigenvalue weighted by atomic mass is 32.2. The second kappa shape index (κ2) is 23.6. The van der Waals surface area contributed by atoms with E-state index in [9.17, 15) is 48.3 Å². The van der Waals surface area contributed by atoms with Crippen LogP contribution in [0.2, 0.25) is 0 Å². The first-order valence-electron chi connectivity index (χ1n) is 27.0. The van der Waals surface area contributed by atoms with Crippen LogP contribution in [0, 0.1) is 0 Å². The molecule has 424 valence electrons. The summed E-state index contributed by atoms with van der Waals surface area (Å²) in [5, 5.41) is 54.5. The van der Waals surface area contributed by atoms with Crippen LogP contribution in [0.25, 0.3) is 44.2 Å². The molecule has 4 atom stereocenters. The fraction of sp³-hybridized carbons (Fsp3) is 0.362. The summed E-state index contributed by atoms with van der Waals surface area (Å²) in [5.74, 6) is -0.739. The van der Waals surface area contributed by atoms with Gasteiger partial charge in [0, 0.05) is 30.4 Å². The van der Waals surface area contributed by atoms with Gasteiger partial charge in [-0.1, -0.05) is 93.3 Å². The van der Waals surface area contributed by atoms with Crippen LogP contribution in [0.3, 0.4) is 0 Å². The van der Waals surface area contributed by atoms with E-state index < -0.39 is 52.2 Å². The molecular formula is C58H64N10O12S.